The SMILES string of the molecule is C=C1CN(C(=O)/C=C/CN(C)CC)CCN1/C(=C\CC)C(C)=O.CCCc1c(Cl)cccc1C(C)CC. The summed E-state index contributed by atoms with van der Waals surface area (Å²) in [5.74, 6) is 0.657. The molecule has 1 unspecified atom stereocenters. The highest BCUT2D eigenvalue weighted by Crippen LogP contribution is 2.29. The maximum atomic E-state index is 12.2. The molecule has 5 nitrogen and oxygen atoms in total. The van der Waals surface area contributed by atoms with Crippen LogP contribution in [-0.2, 0) is 16.0 Å². The number of carbonyl (C=O) groups excluding carboxylic acids is 2. The predicted octanol–water partition coefficient (Wildman–Crippen LogP) is 6.84. The summed E-state index contributed by atoms with van der Waals surface area (Å²) in [4.78, 5) is 29.8. The molecule has 0 saturated carbocycles. The van der Waals surface area contributed by atoms with E-state index in [2.05, 4.69) is 51.3 Å². The van der Waals surface area contributed by atoms with E-state index in [1.165, 1.54) is 17.5 Å². The van der Waals surface area contributed by atoms with E-state index in [4.69, 9.17) is 11.6 Å². The van der Waals surface area contributed by atoms with Gasteiger partial charge in [0.25, 0.3) is 0 Å². The number of carbonyl (C=O) groups is 2. The van der Waals surface area contributed by atoms with Crippen molar-refractivity contribution in [2.24, 2.45) is 0 Å². The van der Waals surface area contributed by atoms with Gasteiger partial charge in [0.15, 0.2) is 5.78 Å². The Kier molecular flexibility index (Phi) is 15.2. The van der Waals surface area contributed by atoms with Gasteiger partial charge in [-0.1, -0.05) is 83.5 Å². The topological polar surface area (TPSA) is 43.9 Å². The second-order valence-electron chi connectivity index (χ2n) is 9.66. The smallest absolute Gasteiger partial charge is 0.246 e. The highest BCUT2D eigenvalue weighted by molar-refractivity contribution is 6.31. The first kappa shape index (κ1) is 32.7. The molecule has 0 aromatic heterocycles. The number of ketones is 1. The van der Waals surface area contributed by atoms with Crippen LogP contribution in [0, 0.1) is 0 Å². The lowest BCUT2D eigenvalue weighted by Crippen LogP contribution is -2.46. The molecule has 2 rings (SSSR count). The molecule has 0 N–H and O–H groups in total. The van der Waals surface area contributed by atoms with Crippen LogP contribution < -0.4 is 0 Å². The Labute approximate surface area is 230 Å². The van der Waals surface area contributed by atoms with Gasteiger partial charge >= 0.3 is 0 Å². The number of amides is 1. The summed E-state index contributed by atoms with van der Waals surface area (Å²) < 4.78 is 0. The zero-order valence-corrected chi connectivity index (χ0v) is 24.9. The van der Waals surface area contributed by atoms with Crippen LogP contribution in [0.3, 0.4) is 0 Å². The lowest BCUT2D eigenvalue weighted by molar-refractivity contribution is -0.126. The molecule has 37 heavy (non-hydrogen) atoms. The molecule has 1 aliphatic rings. The van der Waals surface area contributed by atoms with Crippen molar-refractivity contribution in [3.63, 3.8) is 0 Å². The van der Waals surface area contributed by atoms with Gasteiger partial charge < -0.3 is 14.7 Å². The van der Waals surface area contributed by atoms with Crippen molar-refractivity contribution in [1.29, 1.82) is 0 Å². The van der Waals surface area contributed by atoms with Gasteiger partial charge in [-0.15, -0.1) is 0 Å². The van der Waals surface area contributed by atoms with E-state index in [-0.39, 0.29) is 11.7 Å². The first-order chi connectivity index (χ1) is 17.6. The summed E-state index contributed by atoms with van der Waals surface area (Å²) in [5.41, 5.74) is 4.26. The van der Waals surface area contributed by atoms with Crippen LogP contribution in [0.4, 0.5) is 0 Å². The number of allylic oxidation sites excluding steroid dienone is 2. The highest BCUT2D eigenvalue weighted by Gasteiger charge is 2.25. The number of benzene rings is 1. The normalized spacial score (nSPS) is 15.2. The fourth-order valence-electron chi connectivity index (χ4n) is 4.22. The van der Waals surface area contributed by atoms with Crippen molar-refractivity contribution in [2.75, 3.05) is 39.8 Å². The number of rotatable bonds is 11. The van der Waals surface area contributed by atoms with Gasteiger partial charge in [-0.2, -0.15) is 0 Å². The molecule has 1 atom stereocenters. The van der Waals surface area contributed by atoms with Crippen molar-refractivity contribution >= 4 is 23.3 Å². The molecule has 206 valence electrons. The standard InChI is InChI=1S/C18H29N3O2.C13H19Cl/c1-6-9-17(16(4)22)21-13-12-20(14-15(21)3)18(23)10-8-11-19(5)7-2;1-4-7-12-11(10(3)5-2)8-6-9-13(12)14/h8-10H,3,6-7,11-14H2,1-2,4-5H3;6,8-10H,4-5,7H2,1-3H3/b10-8+,17-9-;. The molecule has 1 saturated heterocycles. The summed E-state index contributed by atoms with van der Waals surface area (Å²) in [6, 6.07) is 6.27. The predicted molar refractivity (Wildman–Crippen MR) is 158 cm³/mol. The monoisotopic (exact) mass is 529 g/mol. The van der Waals surface area contributed by atoms with E-state index in [1.54, 1.807) is 17.9 Å². The highest BCUT2D eigenvalue weighted by atomic mass is 35.5. The van der Waals surface area contributed by atoms with Gasteiger partial charge in [-0.25, -0.2) is 0 Å². The summed E-state index contributed by atoms with van der Waals surface area (Å²) in [5, 5.41) is 0.935. The third-order valence-electron chi connectivity index (χ3n) is 6.72. The lowest BCUT2D eigenvalue weighted by atomic mass is 9.92. The molecule has 0 radical (unpaired) electrons. The van der Waals surface area contributed by atoms with Gasteiger partial charge in [-0.05, 0) is 56.0 Å². The van der Waals surface area contributed by atoms with E-state index >= 15 is 0 Å². The average Bonchev–Trinajstić information content (AvgIpc) is 2.88. The summed E-state index contributed by atoms with van der Waals surface area (Å²) in [7, 11) is 2.01. The first-order valence-corrected chi connectivity index (χ1v) is 14.1. The van der Waals surface area contributed by atoms with Crippen molar-refractivity contribution < 1.29 is 9.59 Å². The third kappa shape index (κ3) is 10.5. The van der Waals surface area contributed by atoms with E-state index in [0.717, 1.165) is 43.1 Å². The molecule has 0 aliphatic carbocycles. The van der Waals surface area contributed by atoms with Crippen LogP contribution in [0.15, 0.2) is 54.4 Å². The van der Waals surface area contributed by atoms with E-state index < -0.39 is 0 Å². The summed E-state index contributed by atoms with van der Waals surface area (Å²) in [6.07, 6.45) is 9.67. The minimum Gasteiger partial charge on any atom is -0.340 e. The number of hydrogen-bond acceptors (Lipinski definition) is 4. The number of Topliss-reactive ketones (excluding diaryl/α,β-unsaturated/α-hetero) is 1. The van der Waals surface area contributed by atoms with E-state index in [0.29, 0.717) is 31.2 Å². The Bertz CT molecular complexity index is 954. The van der Waals surface area contributed by atoms with Crippen LogP contribution in [-0.4, -0.2) is 66.2 Å². The van der Waals surface area contributed by atoms with Crippen LogP contribution in [0.25, 0.3) is 0 Å². The molecule has 1 fully saturated rings. The molecule has 1 aromatic carbocycles. The number of halogens is 1. The van der Waals surface area contributed by atoms with Gasteiger partial charge in [-0.3, -0.25) is 9.59 Å². The van der Waals surface area contributed by atoms with E-state index in [1.807, 2.05) is 37.1 Å². The average molecular weight is 530 g/mol. The molecule has 0 bridgehead atoms. The molecule has 1 amide bonds. The van der Waals surface area contributed by atoms with Crippen LogP contribution in [0.5, 0.6) is 0 Å². The Morgan fingerprint density at radius 3 is 2.43 bits per heavy atom. The number of likely N-dealkylation sites (N-methyl/N-ethyl adjacent to an activating group) is 1. The molecule has 1 aliphatic heterocycles. The second-order valence-corrected chi connectivity index (χ2v) is 10.1. The fraction of sp³-hybridized carbons (Fsp3) is 0.548. The van der Waals surface area contributed by atoms with E-state index in [9.17, 15) is 9.59 Å². The summed E-state index contributed by atoms with van der Waals surface area (Å²) in [6.45, 7) is 19.8. The number of piperazine rings is 1. The Morgan fingerprint density at radius 1 is 1.19 bits per heavy atom. The van der Waals surface area contributed by atoms with Crippen LogP contribution >= 0.6 is 11.6 Å². The zero-order valence-electron chi connectivity index (χ0n) is 24.1. The van der Waals surface area contributed by atoms with Gasteiger partial charge in [0.1, 0.15) is 0 Å². The largest absolute Gasteiger partial charge is 0.340 e. The van der Waals surface area contributed by atoms with Gasteiger partial charge in [0.05, 0.1) is 12.2 Å². The molecule has 1 heterocycles. The minimum atomic E-state index is -0.000788. The molecular formula is C31H48ClN3O2. The Balaban J connectivity index is 0.000000417. The van der Waals surface area contributed by atoms with Crippen molar-refractivity contribution in [3.05, 3.63) is 70.5 Å². The minimum absolute atomic E-state index is 0.000788. The first-order valence-electron chi connectivity index (χ1n) is 13.7. The number of nitrogens with zero attached hydrogens (tertiary/aromatic N) is 3. The van der Waals surface area contributed by atoms with Crippen molar-refractivity contribution in [2.45, 2.75) is 73.1 Å². The molecule has 6 heteroatoms. The maximum absolute atomic E-state index is 12.2. The maximum Gasteiger partial charge on any atom is 0.246 e. The van der Waals surface area contributed by atoms with Crippen LogP contribution in [0.2, 0.25) is 5.02 Å². The molecule has 0 spiro atoms. The Morgan fingerprint density at radius 2 is 1.89 bits per heavy atom. The van der Waals surface area contributed by atoms with Gasteiger partial charge in [0, 0.05) is 43.4 Å². The molecular weight excluding hydrogens is 482 g/mol. The zero-order chi connectivity index (χ0) is 28.0. The van der Waals surface area contributed by atoms with Gasteiger partial charge in [0.2, 0.25) is 5.91 Å². The van der Waals surface area contributed by atoms with Crippen molar-refractivity contribution in [1.82, 2.24) is 14.7 Å². The Hall–Kier alpha value is -2.37. The fourth-order valence-corrected chi connectivity index (χ4v) is 4.49. The van der Waals surface area contributed by atoms with Crippen molar-refractivity contribution in [3.8, 4) is 0 Å². The van der Waals surface area contributed by atoms with Crippen LogP contribution in [0.1, 0.15) is 77.8 Å². The number of hydrogen-bond donors (Lipinski definition) is 0. The summed E-state index contributed by atoms with van der Waals surface area (Å²) >= 11 is 6.21. The lowest BCUT2D eigenvalue weighted by Gasteiger charge is -2.38. The molecule has 1 aromatic rings. The third-order valence-corrected chi connectivity index (χ3v) is 7.08. The second kappa shape index (κ2) is 17.2. The quantitative estimate of drug-likeness (QED) is 0.294.